The summed E-state index contributed by atoms with van der Waals surface area (Å²) >= 11 is 0. The zero-order valence-corrected chi connectivity index (χ0v) is 52.2. The lowest BCUT2D eigenvalue weighted by molar-refractivity contribution is -0.238. The highest BCUT2D eigenvalue weighted by Crippen LogP contribution is 2.36. The van der Waals surface area contributed by atoms with Crippen molar-refractivity contribution in [2.24, 2.45) is 0 Å². The minimum absolute atomic E-state index is 0.162. The van der Waals surface area contributed by atoms with Gasteiger partial charge in [-0.05, 0) is 25.6 Å². The first-order valence-electron chi connectivity index (χ1n) is 36.2. The molecule has 76 heavy (non-hydrogen) atoms. The minimum atomic E-state index is -2.45. The van der Waals surface area contributed by atoms with Crippen LogP contribution in [-0.4, -0.2) is 66.3 Å². The van der Waals surface area contributed by atoms with Crippen molar-refractivity contribution in [3.05, 3.63) is 0 Å². The fourth-order valence-electron chi connectivity index (χ4n) is 11.9. The Balaban J connectivity index is 5.74. The van der Waals surface area contributed by atoms with Gasteiger partial charge in [0.25, 0.3) is 0 Å². The Morgan fingerprint density at radius 2 is 0.355 bits per heavy atom. The topological polar surface area (TPSA) is 121 Å². The van der Waals surface area contributed by atoms with E-state index >= 15 is 0 Å². The fourth-order valence-corrected chi connectivity index (χ4v) is 11.9. The monoisotopic (exact) mass is 1080 g/mol. The van der Waals surface area contributed by atoms with Crippen molar-refractivity contribution < 1.29 is 33.4 Å². The van der Waals surface area contributed by atoms with Crippen molar-refractivity contribution in [3.63, 3.8) is 0 Å². The van der Waals surface area contributed by atoms with Gasteiger partial charge < -0.3 is 30.6 Å². The lowest BCUT2D eigenvalue weighted by Crippen LogP contribution is -2.65. The normalized spacial score (nSPS) is 16.4. The molecular formula is C70H142O6. The maximum atomic E-state index is 12.6. The van der Waals surface area contributed by atoms with E-state index in [1.54, 1.807) is 0 Å². The van der Waals surface area contributed by atoms with Crippen molar-refractivity contribution >= 4 is 0 Å². The predicted octanol–water partition coefficient (Wildman–Crippen LogP) is 21.4. The lowest BCUT2D eigenvalue weighted by Gasteiger charge is -2.46. The number of rotatable bonds is 65. The largest absolute Gasteiger partial charge is 0.390 e. The first-order chi connectivity index (χ1) is 38.0. The third kappa shape index (κ3) is 44.4. The highest BCUT2D eigenvalue weighted by molar-refractivity contribution is 5.05. The maximum absolute atomic E-state index is 12.6. The molecule has 0 bridgehead atoms. The van der Waals surface area contributed by atoms with Crippen LogP contribution in [0.15, 0.2) is 0 Å². The summed E-state index contributed by atoms with van der Waals surface area (Å²) in [5, 5.41) is 73.6. The Morgan fingerprint density at radius 3 is 0.513 bits per heavy atom. The van der Waals surface area contributed by atoms with Gasteiger partial charge in [-0.25, -0.2) is 0 Å². The molecule has 0 fully saturated rings. The first-order valence-corrected chi connectivity index (χ1v) is 35.0. The van der Waals surface area contributed by atoms with Gasteiger partial charge in [0.05, 0.1) is 12.2 Å². The Bertz CT molecular complexity index is 1090. The molecule has 8 atom stereocenters. The van der Waals surface area contributed by atoms with Crippen LogP contribution in [0, 0.1) is 0 Å². The van der Waals surface area contributed by atoms with Crippen molar-refractivity contribution in [1.29, 1.82) is 0 Å². The summed E-state index contributed by atoms with van der Waals surface area (Å²) in [5.74, 6) is 0. The van der Waals surface area contributed by atoms with Gasteiger partial charge in [0, 0.05) is 2.74 Å². The van der Waals surface area contributed by atoms with Crippen LogP contribution >= 0.6 is 0 Å². The molecule has 6 heteroatoms. The van der Waals surface area contributed by atoms with Crippen LogP contribution in [0.3, 0.4) is 0 Å². The predicted molar refractivity (Wildman–Crippen MR) is 334 cm³/mol. The molecular weight excluding hydrogens is 937 g/mol. The molecule has 458 valence electrons. The molecule has 0 amide bonds. The van der Waals surface area contributed by atoms with Gasteiger partial charge >= 0.3 is 0 Å². The summed E-state index contributed by atoms with van der Waals surface area (Å²) in [5.41, 5.74) is -4.91. The van der Waals surface area contributed by atoms with E-state index in [0.717, 1.165) is 77.0 Å². The highest BCUT2D eigenvalue weighted by Gasteiger charge is 2.53. The maximum Gasteiger partial charge on any atom is 0.119 e. The van der Waals surface area contributed by atoms with E-state index in [-0.39, 0.29) is 25.7 Å². The standard InChI is InChI=1S/C70H142O6/c1-5-9-13-17-21-25-29-33-35-37-39-41-45-49-53-57-61-65(71)69(75,63-59-55-51-47-43-31-27-23-19-15-11-7-3)67(73)68(74)70(76,64-60-56-52-48-44-32-28-24-20-16-12-8-4)66(72)62-58-54-50-46-42-40-38-36-34-30-26-22-18-14-10-6-2/h65-68,71-76H,5-64H2,1-4H3/t65?,66?,67-,68-,69+,70+/m0/s1/i63D,64D/t63?,64?,65?,66?,67-,68-,69+,70+. The molecule has 4 unspecified atom stereocenters. The molecule has 0 aliphatic rings. The number of aliphatic hydroxyl groups is 6. The Hall–Kier alpha value is -0.240. The van der Waals surface area contributed by atoms with E-state index in [2.05, 4.69) is 27.7 Å². The van der Waals surface area contributed by atoms with Crippen molar-refractivity contribution in [3.8, 4) is 0 Å². The smallest absolute Gasteiger partial charge is 0.119 e. The van der Waals surface area contributed by atoms with Gasteiger partial charge in [-0.2, -0.15) is 0 Å². The molecule has 0 spiro atoms. The number of aliphatic hydroxyl groups excluding tert-OH is 4. The van der Waals surface area contributed by atoms with Gasteiger partial charge in [-0.1, -0.05) is 387 Å². The van der Waals surface area contributed by atoms with Crippen LogP contribution in [0.1, 0.15) is 416 Å². The minimum Gasteiger partial charge on any atom is -0.390 e. The summed E-state index contributed by atoms with van der Waals surface area (Å²) in [6.07, 6.45) is 55.0. The molecule has 0 saturated carbocycles. The van der Waals surface area contributed by atoms with E-state index in [1.165, 1.54) is 244 Å². The molecule has 0 aliphatic heterocycles. The van der Waals surface area contributed by atoms with Gasteiger partial charge in [-0.3, -0.25) is 0 Å². The highest BCUT2D eigenvalue weighted by atomic mass is 16.4. The quantitative estimate of drug-likeness (QED) is 0.0338. The average molecular weight is 1080 g/mol. The van der Waals surface area contributed by atoms with E-state index < -0.39 is 48.4 Å². The molecule has 0 aliphatic carbocycles. The summed E-state index contributed by atoms with van der Waals surface area (Å²) < 4.78 is 18.8. The molecule has 6 N–H and O–H groups in total. The Labute approximate surface area is 479 Å². The molecule has 6 nitrogen and oxygen atoms in total. The SMILES string of the molecule is [2H]C(CCCCCCCCCCCCC)[C@@](O)(C(O)CCCCCCCCCCCCCCCCCC)[C@@H](O)[C@H](O)[C@@](O)(C([2H])CCCCCCCCCCCCC)C(O)CCCCCCCCCCCCCCCCCC. The second kappa shape index (κ2) is 58.0. The molecule has 0 aromatic rings. The Morgan fingerprint density at radius 1 is 0.224 bits per heavy atom. The fraction of sp³-hybridized carbons (Fsp3) is 1.00. The van der Waals surface area contributed by atoms with Crippen LogP contribution < -0.4 is 0 Å². The van der Waals surface area contributed by atoms with Gasteiger partial charge in [0.15, 0.2) is 0 Å². The average Bonchev–Trinajstić information content (AvgIpc) is 3.55. The van der Waals surface area contributed by atoms with Gasteiger partial charge in [-0.15, -0.1) is 0 Å². The molecule has 0 saturated heterocycles. The second-order valence-electron chi connectivity index (χ2n) is 24.9. The first kappa shape index (κ1) is 71.9. The molecule has 0 aromatic heterocycles. The zero-order valence-electron chi connectivity index (χ0n) is 54.2. The zero-order chi connectivity index (χ0) is 57.5. The molecule has 0 aromatic carbocycles. The second-order valence-corrected chi connectivity index (χ2v) is 24.9. The molecule has 0 heterocycles. The van der Waals surface area contributed by atoms with Crippen LogP contribution in [-0.2, 0) is 0 Å². The van der Waals surface area contributed by atoms with Crippen LogP contribution in [0.25, 0.3) is 0 Å². The van der Waals surface area contributed by atoms with Gasteiger partial charge in [0.1, 0.15) is 23.4 Å². The Kier molecular flexibility index (Phi) is 54.8. The summed E-state index contributed by atoms with van der Waals surface area (Å²) in [7, 11) is 0. The van der Waals surface area contributed by atoms with E-state index in [1.807, 2.05) is 0 Å². The summed E-state index contributed by atoms with van der Waals surface area (Å²) in [6.45, 7) is 9.03. The van der Waals surface area contributed by atoms with E-state index in [0.29, 0.717) is 25.7 Å². The van der Waals surface area contributed by atoms with Crippen molar-refractivity contribution in [1.82, 2.24) is 0 Å². The van der Waals surface area contributed by atoms with Crippen LogP contribution in [0.5, 0.6) is 0 Å². The lowest BCUT2D eigenvalue weighted by atomic mass is 9.73. The third-order valence-electron chi connectivity index (χ3n) is 17.5. The van der Waals surface area contributed by atoms with Crippen LogP contribution in [0.4, 0.5) is 0 Å². The summed E-state index contributed by atoms with van der Waals surface area (Å²) in [6, 6.07) is 0. The molecule has 0 radical (unpaired) electrons. The molecule has 0 rings (SSSR count). The van der Waals surface area contributed by atoms with E-state index in [4.69, 9.17) is 0 Å². The van der Waals surface area contributed by atoms with Crippen molar-refractivity contribution in [2.75, 3.05) is 0 Å². The van der Waals surface area contributed by atoms with Gasteiger partial charge in [0.2, 0.25) is 0 Å². The third-order valence-corrected chi connectivity index (χ3v) is 17.5. The number of hydrogen-bond donors (Lipinski definition) is 6. The summed E-state index contributed by atoms with van der Waals surface area (Å²) in [4.78, 5) is 0. The van der Waals surface area contributed by atoms with E-state index in [9.17, 15) is 33.4 Å². The van der Waals surface area contributed by atoms with Crippen molar-refractivity contribution in [2.45, 2.75) is 449 Å². The van der Waals surface area contributed by atoms with Crippen LogP contribution in [0.2, 0.25) is 0 Å². The number of hydrogen-bond acceptors (Lipinski definition) is 6. The number of unbranched alkanes of at least 4 members (excludes halogenated alkanes) is 50.